The standard InChI is InChI=1S/C27H20N2O2S2/c1-28-23-15-32-14-21(23)27(18-3-2-4-18)26(20-10-11-24-22(13-20)29-16-33-24)19-8-5-17(6-9-19)7-12-25(30)31/h5-16,18H,2-4H2,(H,30,31)/b12-7+,27-26+. The van der Waals surface area contributed by atoms with Gasteiger partial charge in [-0.25, -0.2) is 14.6 Å². The van der Waals surface area contributed by atoms with Crippen molar-refractivity contribution in [1.29, 1.82) is 0 Å². The van der Waals surface area contributed by atoms with Crippen molar-refractivity contribution in [3.8, 4) is 0 Å². The summed E-state index contributed by atoms with van der Waals surface area (Å²) in [5, 5.41) is 13.0. The summed E-state index contributed by atoms with van der Waals surface area (Å²) >= 11 is 3.20. The van der Waals surface area contributed by atoms with Crippen molar-refractivity contribution in [2.75, 3.05) is 0 Å². The molecule has 1 fully saturated rings. The number of carbonyl (C=O) groups is 1. The van der Waals surface area contributed by atoms with Crippen LogP contribution in [0.3, 0.4) is 0 Å². The number of allylic oxidation sites excluding steroid dienone is 1. The van der Waals surface area contributed by atoms with E-state index in [1.165, 1.54) is 12.0 Å². The molecule has 33 heavy (non-hydrogen) atoms. The number of benzene rings is 2. The lowest BCUT2D eigenvalue weighted by Crippen LogP contribution is -2.15. The first-order valence-corrected chi connectivity index (χ1v) is 12.5. The zero-order valence-corrected chi connectivity index (χ0v) is 19.3. The van der Waals surface area contributed by atoms with Gasteiger partial charge in [-0.1, -0.05) is 36.8 Å². The van der Waals surface area contributed by atoms with Crippen LogP contribution in [0.2, 0.25) is 0 Å². The van der Waals surface area contributed by atoms with Gasteiger partial charge in [0.1, 0.15) is 0 Å². The van der Waals surface area contributed by atoms with Gasteiger partial charge in [-0.05, 0) is 81.1 Å². The first kappa shape index (κ1) is 21.3. The van der Waals surface area contributed by atoms with Gasteiger partial charge in [0.25, 0.3) is 0 Å². The number of hydrogen-bond donors (Lipinski definition) is 1. The highest BCUT2D eigenvalue weighted by Crippen LogP contribution is 2.48. The Hall–Kier alpha value is -3.53. The van der Waals surface area contributed by atoms with E-state index in [0.29, 0.717) is 11.6 Å². The maximum Gasteiger partial charge on any atom is 0.328 e. The molecular formula is C27H20N2O2S2. The summed E-state index contributed by atoms with van der Waals surface area (Å²) in [6, 6.07) is 14.4. The van der Waals surface area contributed by atoms with Gasteiger partial charge < -0.3 is 5.11 Å². The minimum Gasteiger partial charge on any atom is -0.478 e. The molecule has 4 nitrogen and oxygen atoms in total. The Kier molecular flexibility index (Phi) is 5.91. The molecule has 1 saturated carbocycles. The minimum absolute atomic E-state index is 0.410. The molecule has 0 atom stereocenters. The normalized spacial score (nSPS) is 14.8. The van der Waals surface area contributed by atoms with Crippen LogP contribution in [0.5, 0.6) is 0 Å². The van der Waals surface area contributed by atoms with E-state index in [2.05, 4.69) is 33.4 Å². The van der Waals surface area contributed by atoms with Crippen LogP contribution in [-0.2, 0) is 4.79 Å². The van der Waals surface area contributed by atoms with E-state index >= 15 is 0 Å². The summed E-state index contributed by atoms with van der Waals surface area (Å²) in [7, 11) is 0. The van der Waals surface area contributed by atoms with E-state index < -0.39 is 5.97 Å². The van der Waals surface area contributed by atoms with Gasteiger partial charge in [-0.3, -0.25) is 0 Å². The van der Waals surface area contributed by atoms with Crippen LogP contribution in [0.1, 0.15) is 41.5 Å². The average molecular weight is 469 g/mol. The molecule has 2 aromatic heterocycles. The number of fused-ring (bicyclic) bond motifs is 1. The molecule has 6 heteroatoms. The zero-order valence-electron chi connectivity index (χ0n) is 17.7. The van der Waals surface area contributed by atoms with Crippen LogP contribution in [0.25, 0.3) is 32.3 Å². The number of hydrogen-bond acceptors (Lipinski definition) is 4. The van der Waals surface area contributed by atoms with Crippen molar-refractivity contribution in [2.45, 2.75) is 19.3 Å². The molecule has 162 valence electrons. The second kappa shape index (κ2) is 9.14. The highest BCUT2D eigenvalue weighted by atomic mass is 32.1. The van der Waals surface area contributed by atoms with Gasteiger partial charge in [0.05, 0.1) is 22.3 Å². The van der Waals surface area contributed by atoms with Crippen molar-refractivity contribution < 1.29 is 9.90 Å². The maximum absolute atomic E-state index is 10.9. The Labute approximate surface area is 200 Å². The number of carboxylic acids is 1. The van der Waals surface area contributed by atoms with E-state index in [1.807, 2.05) is 35.2 Å². The third kappa shape index (κ3) is 4.25. The van der Waals surface area contributed by atoms with Crippen molar-refractivity contribution >= 4 is 61.8 Å². The molecule has 4 aromatic rings. The predicted octanol–water partition coefficient (Wildman–Crippen LogP) is 7.77. The van der Waals surface area contributed by atoms with Gasteiger partial charge in [-0.2, -0.15) is 11.3 Å². The molecule has 5 rings (SSSR count). The first-order chi connectivity index (χ1) is 16.1. The number of nitrogens with zero attached hydrogens (tertiary/aromatic N) is 2. The van der Waals surface area contributed by atoms with Gasteiger partial charge in [0, 0.05) is 6.08 Å². The summed E-state index contributed by atoms with van der Waals surface area (Å²) in [5.74, 6) is -0.555. The molecule has 0 amide bonds. The second-order valence-electron chi connectivity index (χ2n) is 8.03. The molecule has 2 heterocycles. The van der Waals surface area contributed by atoms with Crippen LogP contribution in [-0.4, -0.2) is 16.1 Å². The Morgan fingerprint density at radius 2 is 1.91 bits per heavy atom. The van der Waals surface area contributed by atoms with Gasteiger partial charge in [-0.15, -0.1) is 11.3 Å². The first-order valence-electron chi connectivity index (χ1n) is 10.7. The molecule has 0 saturated heterocycles. The highest BCUT2D eigenvalue weighted by Gasteiger charge is 2.29. The number of rotatable bonds is 6. The summed E-state index contributed by atoms with van der Waals surface area (Å²) in [6.07, 6.45) is 6.17. The Morgan fingerprint density at radius 3 is 2.61 bits per heavy atom. The smallest absolute Gasteiger partial charge is 0.328 e. The largest absolute Gasteiger partial charge is 0.478 e. The van der Waals surface area contributed by atoms with Crippen LogP contribution in [0, 0.1) is 12.5 Å². The second-order valence-corrected chi connectivity index (χ2v) is 9.66. The van der Waals surface area contributed by atoms with E-state index in [9.17, 15) is 4.79 Å². The van der Waals surface area contributed by atoms with Crippen LogP contribution in [0.15, 0.2) is 64.8 Å². The lowest BCUT2D eigenvalue weighted by molar-refractivity contribution is -0.131. The third-order valence-electron chi connectivity index (χ3n) is 6.07. The number of thiazole rings is 1. The lowest BCUT2D eigenvalue weighted by Gasteiger charge is -2.31. The number of aromatic nitrogens is 1. The zero-order chi connectivity index (χ0) is 22.8. The fraction of sp³-hybridized carbons (Fsp3) is 0.148. The maximum atomic E-state index is 10.9. The van der Waals surface area contributed by atoms with Gasteiger partial charge in [0.2, 0.25) is 5.69 Å². The fourth-order valence-corrected chi connectivity index (χ4v) is 5.67. The molecule has 1 aliphatic carbocycles. The van der Waals surface area contributed by atoms with Crippen molar-refractivity contribution in [2.24, 2.45) is 5.92 Å². The molecule has 0 radical (unpaired) electrons. The van der Waals surface area contributed by atoms with Crippen LogP contribution >= 0.6 is 22.7 Å². The minimum atomic E-state index is -0.965. The molecule has 0 spiro atoms. The Morgan fingerprint density at radius 1 is 1.12 bits per heavy atom. The molecule has 1 N–H and O–H groups in total. The van der Waals surface area contributed by atoms with E-state index in [4.69, 9.17) is 11.7 Å². The van der Waals surface area contributed by atoms with E-state index in [0.717, 1.165) is 57.0 Å². The van der Waals surface area contributed by atoms with Gasteiger partial charge in [0.15, 0.2) is 0 Å². The lowest BCUT2D eigenvalue weighted by atomic mass is 9.73. The summed E-state index contributed by atoms with van der Waals surface area (Å²) in [4.78, 5) is 19.2. The van der Waals surface area contributed by atoms with Crippen LogP contribution < -0.4 is 0 Å². The highest BCUT2D eigenvalue weighted by molar-refractivity contribution is 7.16. The van der Waals surface area contributed by atoms with E-state index in [1.54, 1.807) is 28.7 Å². The summed E-state index contributed by atoms with van der Waals surface area (Å²) in [5.41, 5.74) is 9.91. The monoisotopic (exact) mass is 468 g/mol. The molecule has 1 aliphatic rings. The van der Waals surface area contributed by atoms with Crippen LogP contribution in [0.4, 0.5) is 5.69 Å². The fourth-order valence-electron chi connectivity index (χ4n) is 4.25. The molecular weight excluding hydrogens is 448 g/mol. The number of aliphatic carboxylic acids is 1. The predicted molar refractivity (Wildman–Crippen MR) is 137 cm³/mol. The van der Waals surface area contributed by atoms with Gasteiger partial charge >= 0.3 is 5.97 Å². The average Bonchev–Trinajstić information content (AvgIpc) is 3.45. The molecule has 0 bridgehead atoms. The SMILES string of the molecule is [C-]#[N+]c1cscc1/C(=C(\c1ccc(/C=C/C(=O)O)cc1)c1ccc2scnc2c1)C1CCC1. The van der Waals surface area contributed by atoms with E-state index in [-0.39, 0.29) is 0 Å². The topological polar surface area (TPSA) is 54.5 Å². The quantitative estimate of drug-likeness (QED) is 0.232. The third-order valence-corrected chi connectivity index (χ3v) is 7.61. The number of carboxylic acid groups (broad SMARTS) is 1. The Balaban J connectivity index is 1.74. The molecule has 0 unspecified atom stereocenters. The molecule has 0 aliphatic heterocycles. The van der Waals surface area contributed by atoms with Crippen molar-refractivity contribution in [1.82, 2.24) is 4.98 Å². The van der Waals surface area contributed by atoms with Crippen molar-refractivity contribution in [3.63, 3.8) is 0 Å². The summed E-state index contributed by atoms with van der Waals surface area (Å²) < 4.78 is 1.15. The molecule has 2 aromatic carbocycles. The van der Waals surface area contributed by atoms with Crippen molar-refractivity contribution in [3.05, 3.63) is 98.5 Å². The summed E-state index contributed by atoms with van der Waals surface area (Å²) in [6.45, 7) is 7.70. The Bertz CT molecular complexity index is 1430. The number of thiophene rings is 1.